The second-order valence-corrected chi connectivity index (χ2v) is 4.01. The van der Waals surface area contributed by atoms with E-state index in [2.05, 4.69) is 25.5 Å². The van der Waals surface area contributed by atoms with Crippen molar-refractivity contribution >= 4 is 0 Å². The highest BCUT2D eigenvalue weighted by Gasteiger charge is 2.36. The third-order valence-electron chi connectivity index (χ3n) is 2.93. The van der Waals surface area contributed by atoms with E-state index in [1.54, 1.807) is 0 Å². The van der Waals surface area contributed by atoms with Crippen molar-refractivity contribution in [2.75, 3.05) is 20.1 Å². The maximum Gasteiger partial charge on any atom is 0.0731 e. The molecule has 0 amide bonds. The molecule has 1 N–H and O–H groups in total. The topological polar surface area (TPSA) is 23.5 Å². The fourth-order valence-corrected chi connectivity index (χ4v) is 1.91. The van der Waals surface area contributed by atoms with Gasteiger partial charge in [-0.1, -0.05) is 13.0 Å². The fourth-order valence-electron chi connectivity index (χ4n) is 1.91. The SMILES string of the molecule is C=CCC1(O)CCN(C)CC1C. The first-order chi connectivity index (χ1) is 5.58. The fraction of sp³-hybridized carbons (Fsp3) is 0.800. The van der Waals surface area contributed by atoms with Gasteiger partial charge >= 0.3 is 0 Å². The first kappa shape index (κ1) is 9.75. The van der Waals surface area contributed by atoms with E-state index in [-0.39, 0.29) is 0 Å². The number of nitrogens with zero attached hydrogens (tertiary/aromatic N) is 1. The van der Waals surface area contributed by atoms with E-state index in [0.29, 0.717) is 5.92 Å². The second-order valence-electron chi connectivity index (χ2n) is 4.01. The number of aliphatic hydroxyl groups is 1. The maximum atomic E-state index is 10.2. The molecule has 0 spiro atoms. The zero-order valence-electron chi connectivity index (χ0n) is 8.08. The summed E-state index contributed by atoms with van der Waals surface area (Å²) < 4.78 is 0. The van der Waals surface area contributed by atoms with Gasteiger partial charge in [-0.05, 0) is 25.8 Å². The first-order valence-electron chi connectivity index (χ1n) is 4.60. The van der Waals surface area contributed by atoms with Crippen molar-refractivity contribution in [1.82, 2.24) is 4.90 Å². The van der Waals surface area contributed by atoms with E-state index >= 15 is 0 Å². The largest absolute Gasteiger partial charge is 0.389 e. The Morgan fingerprint density at radius 3 is 2.92 bits per heavy atom. The van der Waals surface area contributed by atoms with E-state index in [4.69, 9.17) is 0 Å². The van der Waals surface area contributed by atoms with Crippen LogP contribution in [0.15, 0.2) is 12.7 Å². The van der Waals surface area contributed by atoms with E-state index in [1.165, 1.54) is 0 Å². The second kappa shape index (κ2) is 3.58. The molecule has 1 aliphatic heterocycles. The highest BCUT2D eigenvalue weighted by atomic mass is 16.3. The van der Waals surface area contributed by atoms with Gasteiger partial charge < -0.3 is 10.0 Å². The predicted molar refractivity (Wildman–Crippen MR) is 51.0 cm³/mol. The van der Waals surface area contributed by atoms with Gasteiger partial charge in [0.2, 0.25) is 0 Å². The van der Waals surface area contributed by atoms with Crippen LogP contribution in [0.4, 0.5) is 0 Å². The summed E-state index contributed by atoms with van der Waals surface area (Å²) in [4.78, 5) is 2.27. The minimum Gasteiger partial charge on any atom is -0.389 e. The third kappa shape index (κ3) is 1.87. The monoisotopic (exact) mass is 169 g/mol. The van der Waals surface area contributed by atoms with Gasteiger partial charge in [-0.15, -0.1) is 6.58 Å². The molecule has 2 atom stereocenters. The van der Waals surface area contributed by atoms with Gasteiger partial charge in [0.1, 0.15) is 0 Å². The molecule has 12 heavy (non-hydrogen) atoms. The molecule has 1 aliphatic rings. The van der Waals surface area contributed by atoms with Crippen LogP contribution in [-0.2, 0) is 0 Å². The van der Waals surface area contributed by atoms with Gasteiger partial charge in [0.25, 0.3) is 0 Å². The lowest BCUT2D eigenvalue weighted by Gasteiger charge is -2.41. The number of rotatable bonds is 2. The van der Waals surface area contributed by atoms with Crippen LogP contribution in [0.2, 0.25) is 0 Å². The van der Waals surface area contributed by atoms with Crippen molar-refractivity contribution < 1.29 is 5.11 Å². The summed E-state index contributed by atoms with van der Waals surface area (Å²) in [6, 6.07) is 0. The lowest BCUT2D eigenvalue weighted by molar-refractivity contribution is -0.0574. The van der Waals surface area contributed by atoms with Crippen molar-refractivity contribution in [3.63, 3.8) is 0 Å². The summed E-state index contributed by atoms with van der Waals surface area (Å²) in [5, 5.41) is 10.2. The Hall–Kier alpha value is -0.340. The predicted octanol–water partition coefficient (Wildman–Crippen LogP) is 1.27. The van der Waals surface area contributed by atoms with Crippen molar-refractivity contribution in [2.45, 2.75) is 25.4 Å². The summed E-state index contributed by atoms with van der Waals surface area (Å²) in [7, 11) is 2.10. The molecule has 2 unspecified atom stereocenters. The number of likely N-dealkylation sites (tertiary alicyclic amines) is 1. The molecule has 2 heteroatoms. The summed E-state index contributed by atoms with van der Waals surface area (Å²) in [6.45, 7) is 7.78. The Bertz CT molecular complexity index is 169. The van der Waals surface area contributed by atoms with Crippen LogP contribution < -0.4 is 0 Å². The molecule has 0 radical (unpaired) electrons. The molecule has 0 saturated carbocycles. The lowest BCUT2D eigenvalue weighted by atomic mass is 9.80. The Morgan fingerprint density at radius 1 is 1.75 bits per heavy atom. The molecule has 1 saturated heterocycles. The Kier molecular flexibility index (Phi) is 2.91. The number of piperidine rings is 1. The van der Waals surface area contributed by atoms with Gasteiger partial charge in [0.05, 0.1) is 5.60 Å². The van der Waals surface area contributed by atoms with Gasteiger partial charge in [-0.3, -0.25) is 0 Å². The molecular weight excluding hydrogens is 150 g/mol. The quantitative estimate of drug-likeness (QED) is 0.629. The summed E-state index contributed by atoms with van der Waals surface area (Å²) >= 11 is 0. The van der Waals surface area contributed by atoms with Crippen molar-refractivity contribution in [3.05, 3.63) is 12.7 Å². The van der Waals surface area contributed by atoms with E-state index in [1.807, 2.05) is 6.08 Å². The molecule has 1 heterocycles. The molecular formula is C10H19NO. The Labute approximate surface area is 74.9 Å². The van der Waals surface area contributed by atoms with Crippen LogP contribution in [0.5, 0.6) is 0 Å². The Balaban J connectivity index is 2.59. The average Bonchev–Trinajstić information content (AvgIpc) is 1.99. The highest BCUT2D eigenvalue weighted by molar-refractivity contribution is 4.94. The molecule has 2 nitrogen and oxygen atoms in total. The van der Waals surface area contributed by atoms with Crippen LogP contribution in [0, 0.1) is 5.92 Å². The smallest absolute Gasteiger partial charge is 0.0731 e. The molecule has 0 bridgehead atoms. The standard InChI is InChI=1S/C10H19NO/c1-4-5-10(12)6-7-11(3)8-9(10)2/h4,9,12H,1,5-8H2,2-3H3. The molecule has 70 valence electrons. The lowest BCUT2D eigenvalue weighted by Crippen LogP contribution is -2.49. The zero-order chi connectivity index (χ0) is 9.19. The van der Waals surface area contributed by atoms with E-state index in [9.17, 15) is 5.11 Å². The molecule has 0 aromatic carbocycles. The number of hydrogen-bond acceptors (Lipinski definition) is 2. The summed E-state index contributed by atoms with van der Waals surface area (Å²) in [6.07, 6.45) is 3.42. The van der Waals surface area contributed by atoms with E-state index in [0.717, 1.165) is 25.9 Å². The maximum absolute atomic E-state index is 10.2. The van der Waals surface area contributed by atoms with Crippen molar-refractivity contribution in [3.8, 4) is 0 Å². The third-order valence-corrected chi connectivity index (χ3v) is 2.93. The van der Waals surface area contributed by atoms with Crippen LogP contribution in [0.25, 0.3) is 0 Å². The van der Waals surface area contributed by atoms with Crippen LogP contribution in [-0.4, -0.2) is 35.7 Å². The average molecular weight is 169 g/mol. The molecule has 0 aliphatic carbocycles. The molecule has 1 fully saturated rings. The normalized spacial score (nSPS) is 38.1. The van der Waals surface area contributed by atoms with Gasteiger partial charge in [0, 0.05) is 13.1 Å². The van der Waals surface area contributed by atoms with Gasteiger partial charge in [-0.25, -0.2) is 0 Å². The minimum absolute atomic E-state index is 0.356. The zero-order valence-corrected chi connectivity index (χ0v) is 8.08. The summed E-state index contributed by atoms with van der Waals surface area (Å²) in [5.74, 6) is 0.356. The van der Waals surface area contributed by atoms with Gasteiger partial charge in [-0.2, -0.15) is 0 Å². The van der Waals surface area contributed by atoms with E-state index < -0.39 is 5.60 Å². The molecule has 0 aromatic heterocycles. The highest BCUT2D eigenvalue weighted by Crippen LogP contribution is 2.30. The Morgan fingerprint density at radius 2 is 2.42 bits per heavy atom. The van der Waals surface area contributed by atoms with Gasteiger partial charge in [0.15, 0.2) is 0 Å². The number of hydrogen-bond donors (Lipinski definition) is 1. The molecule has 1 rings (SSSR count). The summed E-state index contributed by atoms with van der Waals surface area (Å²) in [5.41, 5.74) is -0.492. The van der Waals surface area contributed by atoms with Crippen molar-refractivity contribution in [2.24, 2.45) is 5.92 Å². The van der Waals surface area contributed by atoms with Crippen LogP contribution in [0.3, 0.4) is 0 Å². The first-order valence-corrected chi connectivity index (χ1v) is 4.60. The van der Waals surface area contributed by atoms with Crippen LogP contribution >= 0.6 is 0 Å². The minimum atomic E-state index is -0.492. The van der Waals surface area contributed by atoms with Crippen LogP contribution in [0.1, 0.15) is 19.8 Å². The van der Waals surface area contributed by atoms with Crippen molar-refractivity contribution in [1.29, 1.82) is 0 Å². The molecule has 0 aromatic rings.